The summed E-state index contributed by atoms with van der Waals surface area (Å²) in [5.74, 6) is 0. The minimum Gasteiger partial charge on any atom is -0.464 e. The third-order valence-electron chi connectivity index (χ3n) is 2.05. The number of hydrogen-bond acceptors (Lipinski definition) is 1. The second-order valence-corrected chi connectivity index (χ2v) is 3.03. The summed E-state index contributed by atoms with van der Waals surface area (Å²) in [5, 5.41) is 9.76. The Kier molecular flexibility index (Phi) is 1.59. The Hall–Kier alpha value is -1.77. The Balaban J connectivity index is 2.76. The molecule has 0 aliphatic heterocycles. The van der Waals surface area contributed by atoms with Gasteiger partial charge in [-0.25, -0.2) is 4.79 Å². The molecule has 0 saturated carbocycles. The average Bonchev–Trinajstić information content (AvgIpc) is 2.46. The molecule has 0 aliphatic carbocycles. The van der Waals surface area contributed by atoms with Gasteiger partial charge in [-0.3, -0.25) is 4.57 Å². The van der Waals surface area contributed by atoms with E-state index in [1.807, 2.05) is 25.1 Å². The van der Waals surface area contributed by atoms with E-state index in [1.165, 1.54) is 4.57 Å². The number of rotatable bonds is 0. The van der Waals surface area contributed by atoms with Gasteiger partial charge in [0.2, 0.25) is 0 Å². The molecule has 0 fully saturated rings. The van der Waals surface area contributed by atoms with Crippen LogP contribution < -0.4 is 0 Å². The molecule has 0 saturated heterocycles. The van der Waals surface area contributed by atoms with Gasteiger partial charge in [-0.05, 0) is 25.1 Å². The SMILES string of the molecule is Cc1ccc2c(ccn2C(=O)O)c1. The fraction of sp³-hybridized carbons (Fsp3) is 0.100. The quantitative estimate of drug-likeness (QED) is 0.668. The first kappa shape index (κ1) is 7.86. The minimum atomic E-state index is -0.946. The third kappa shape index (κ3) is 1.18. The monoisotopic (exact) mass is 175 g/mol. The molecule has 1 aromatic carbocycles. The van der Waals surface area contributed by atoms with Crippen molar-refractivity contribution in [3.05, 3.63) is 36.0 Å². The van der Waals surface area contributed by atoms with E-state index in [0.29, 0.717) is 0 Å². The van der Waals surface area contributed by atoms with E-state index < -0.39 is 6.09 Å². The topological polar surface area (TPSA) is 42.2 Å². The van der Waals surface area contributed by atoms with Gasteiger partial charge in [-0.1, -0.05) is 11.6 Å². The van der Waals surface area contributed by atoms with Crippen molar-refractivity contribution in [2.75, 3.05) is 0 Å². The van der Waals surface area contributed by atoms with Gasteiger partial charge in [-0.15, -0.1) is 0 Å². The molecule has 0 radical (unpaired) electrons. The normalized spacial score (nSPS) is 10.5. The molecule has 0 spiro atoms. The number of nitrogens with zero attached hydrogens (tertiary/aromatic N) is 1. The fourth-order valence-electron chi connectivity index (χ4n) is 1.43. The zero-order chi connectivity index (χ0) is 9.42. The Bertz CT molecular complexity index is 471. The van der Waals surface area contributed by atoms with Gasteiger partial charge in [0.25, 0.3) is 0 Å². The first-order valence-corrected chi connectivity index (χ1v) is 3.99. The van der Waals surface area contributed by atoms with Crippen LogP contribution in [0.5, 0.6) is 0 Å². The van der Waals surface area contributed by atoms with Crippen molar-refractivity contribution in [2.24, 2.45) is 0 Å². The molecule has 13 heavy (non-hydrogen) atoms. The predicted molar refractivity (Wildman–Crippen MR) is 50.1 cm³/mol. The van der Waals surface area contributed by atoms with Crippen molar-refractivity contribution in [2.45, 2.75) is 6.92 Å². The summed E-state index contributed by atoms with van der Waals surface area (Å²) < 4.78 is 1.22. The van der Waals surface area contributed by atoms with Gasteiger partial charge in [0.15, 0.2) is 0 Å². The largest absolute Gasteiger partial charge is 0.464 e. The van der Waals surface area contributed by atoms with E-state index >= 15 is 0 Å². The third-order valence-corrected chi connectivity index (χ3v) is 2.05. The number of aromatic nitrogens is 1. The van der Waals surface area contributed by atoms with E-state index in [2.05, 4.69) is 0 Å². The maximum Gasteiger partial charge on any atom is 0.415 e. The van der Waals surface area contributed by atoms with Gasteiger partial charge >= 0.3 is 6.09 Å². The second kappa shape index (κ2) is 2.62. The highest BCUT2D eigenvalue weighted by Gasteiger charge is 2.05. The van der Waals surface area contributed by atoms with Crippen molar-refractivity contribution < 1.29 is 9.90 Å². The van der Waals surface area contributed by atoms with Crippen LogP contribution in [-0.2, 0) is 0 Å². The van der Waals surface area contributed by atoms with Gasteiger partial charge in [0, 0.05) is 11.6 Å². The molecule has 3 nitrogen and oxygen atoms in total. The summed E-state index contributed by atoms with van der Waals surface area (Å²) in [4.78, 5) is 10.7. The average molecular weight is 175 g/mol. The smallest absolute Gasteiger partial charge is 0.415 e. The van der Waals surface area contributed by atoms with E-state index in [0.717, 1.165) is 16.5 Å². The number of carbonyl (C=O) groups is 1. The molecule has 0 atom stereocenters. The van der Waals surface area contributed by atoms with Crippen molar-refractivity contribution in [3.63, 3.8) is 0 Å². The van der Waals surface area contributed by atoms with Crippen LogP contribution in [0.15, 0.2) is 30.5 Å². The van der Waals surface area contributed by atoms with Crippen molar-refractivity contribution in [1.29, 1.82) is 0 Å². The molecular formula is C10H9NO2. The fourth-order valence-corrected chi connectivity index (χ4v) is 1.43. The summed E-state index contributed by atoms with van der Waals surface area (Å²) in [6, 6.07) is 7.49. The number of benzene rings is 1. The van der Waals surface area contributed by atoms with Crippen LogP contribution in [0.25, 0.3) is 10.9 Å². The van der Waals surface area contributed by atoms with Crippen molar-refractivity contribution in [3.8, 4) is 0 Å². The Labute approximate surface area is 75.2 Å². The lowest BCUT2D eigenvalue weighted by Gasteiger charge is -1.97. The zero-order valence-corrected chi connectivity index (χ0v) is 7.19. The van der Waals surface area contributed by atoms with E-state index in [1.54, 1.807) is 12.3 Å². The van der Waals surface area contributed by atoms with Gasteiger partial charge in [0.05, 0.1) is 5.52 Å². The highest BCUT2D eigenvalue weighted by molar-refractivity contribution is 5.89. The molecule has 0 amide bonds. The number of aryl methyl sites for hydroxylation is 1. The van der Waals surface area contributed by atoms with Gasteiger partial charge in [-0.2, -0.15) is 0 Å². The standard InChI is InChI=1S/C10H9NO2/c1-7-2-3-9-8(6-7)4-5-11(9)10(12)13/h2-6H,1H3,(H,12,13). The van der Waals surface area contributed by atoms with Gasteiger partial charge in [0.1, 0.15) is 0 Å². The van der Waals surface area contributed by atoms with Crippen LogP contribution in [0.3, 0.4) is 0 Å². The number of hydrogen-bond donors (Lipinski definition) is 1. The second-order valence-electron chi connectivity index (χ2n) is 3.03. The molecule has 2 rings (SSSR count). The molecule has 3 heteroatoms. The van der Waals surface area contributed by atoms with Crippen LogP contribution in [0.4, 0.5) is 4.79 Å². The zero-order valence-electron chi connectivity index (χ0n) is 7.19. The van der Waals surface area contributed by atoms with E-state index in [-0.39, 0.29) is 0 Å². The molecule has 0 aliphatic rings. The molecule has 0 bridgehead atoms. The summed E-state index contributed by atoms with van der Waals surface area (Å²) in [7, 11) is 0. The van der Waals surface area contributed by atoms with E-state index in [9.17, 15) is 4.79 Å². The van der Waals surface area contributed by atoms with Crippen molar-refractivity contribution in [1.82, 2.24) is 4.57 Å². The van der Waals surface area contributed by atoms with E-state index in [4.69, 9.17) is 5.11 Å². The maximum absolute atomic E-state index is 10.7. The maximum atomic E-state index is 10.7. The Morgan fingerprint density at radius 3 is 2.85 bits per heavy atom. The molecule has 66 valence electrons. The van der Waals surface area contributed by atoms with Crippen molar-refractivity contribution >= 4 is 17.0 Å². The number of carboxylic acid groups (broad SMARTS) is 1. The summed E-state index contributed by atoms with van der Waals surface area (Å²) in [6.07, 6.45) is 0.616. The summed E-state index contributed by atoms with van der Waals surface area (Å²) in [6.45, 7) is 1.98. The van der Waals surface area contributed by atoms with Crippen LogP contribution >= 0.6 is 0 Å². The minimum absolute atomic E-state index is 0.734. The molecule has 1 heterocycles. The Morgan fingerprint density at radius 1 is 1.38 bits per heavy atom. The first-order chi connectivity index (χ1) is 6.18. The van der Waals surface area contributed by atoms with Gasteiger partial charge < -0.3 is 5.11 Å². The molecular weight excluding hydrogens is 166 g/mol. The highest BCUT2D eigenvalue weighted by Crippen LogP contribution is 2.16. The molecule has 1 aromatic heterocycles. The van der Waals surface area contributed by atoms with Crippen LogP contribution in [0.2, 0.25) is 0 Å². The molecule has 1 N–H and O–H groups in total. The first-order valence-electron chi connectivity index (χ1n) is 3.99. The van der Waals surface area contributed by atoms with Crippen LogP contribution in [-0.4, -0.2) is 15.8 Å². The molecule has 2 aromatic rings. The molecule has 0 unspecified atom stereocenters. The summed E-state index contributed by atoms with van der Waals surface area (Å²) in [5.41, 5.74) is 1.87. The van der Waals surface area contributed by atoms with Crippen LogP contribution in [0, 0.1) is 6.92 Å². The Morgan fingerprint density at radius 2 is 2.15 bits per heavy atom. The number of fused-ring (bicyclic) bond motifs is 1. The lowest BCUT2D eigenvalue weighted by molar-refractivity contribution is 0.197. The predicted octanol–water partition coefficient (Wildman–Crippen LogP) is 2.48. The summed E-state index contributed by atoms with van der Waals surface area (Å²) >= 11 is 0. The van der Waals surface area contributed by atoms with Crippen LogP contribution in [0.1, 0.15) is 5.56 Å². The lowest BCUT2D eigenvalue weighted by Crippen LogP contribution is -2.05. The lowest BCUT2D eigenvalue weighted by atomic mass is 10.2. The highest BCUT2D eigenvalue weighted by atomic mass is 16.4.